The average molecular weight is 406 g/mol. The van der Waals surface area contributed by atoms with Gasteiger partial charge in [0.1, 0.15) is 17.9 Å². The predicted octanol–water partition coefficient (Wildman–Crippen LogP) is 5.10. The quantitative estimate of drug-likeness (QED) is 0.507. The van der Waals surface area contributed by atoms with Gasteiger partial charge in [0.25, 0.3) is 0 Å². The molecule has 5 heteroatoms. The Morgan fingerprint density at radius 3 is 2.77 bits per heavy atom. The van der Waals surface area contributed by atoms with Gasteiger partial charge in [0.05, 0.1) is 12.5 Å². The molecule has 5 rings (SSSR count). The van der Waals surface area contributed by atoms with Gasteiger partial charge in [0.15, 0.2) is 0 Å². The van der Waals surface area contributed by atoms with Crippen LogP contribution in [0.25, 0.3) is 5.70 Å². The molecule has 30 heavy (non-hydrogen) atoms. The number of ether oxygens (including phenoxy) is 1. The number of carbonyl (C=O) groups is 1. The summed E-state index contributed by atoms with van der Waals surface area (Å²) in [7, 11) is 0. The molecule has 0 amide bonds. The lowest BCUT2D eigenvalue weighted by Gasteiger charge is -2.57. The summed E-state index contributed by atoms with van der Waals surface area (Å²) in [6.45, 7) is 6.39. The minimum absolute atomic E-state index is 0.0534. The van der Waals surface area contributed by atoms with Crippen LogP contribution in [0.5, 0.6) is 0 Å². The van der Waals surface area contributed by atoms with Gasteiger partial charge in [-0.05, 0) is 61.7 Å². The van der Waals surface area contributed by atoms with E-state index in [4.69, 9.17) is 4.74 Å². The predicted molar refractivity (Wildman–Crippen MR) is 114 cm³/mol. The van der Waals surface area contributed by atoms with Gasteiger partial charge in [-0.1, -0.05) is 31.6 Å². The summed E-state index contributed by atoms with van der Waals surface area (Å²) in [6.07, 6.45) is 16.0. The molecular formula is C25H31N3O2. The van der Waals surface area contributed by atoms with E-state index >= 15 is 0 Å². The molecule has 0 radical (unpaired) electrons. The first kappa shape index (κ1) is 19.6. The molecule has 6 atom stereocenters. The number of hydrogen-bond acceptors (Lipinski definition) is 4. The van der Waals surface area contributed by atoms with Crippen molar-refractivity contribution in [2.75, 3.05) is 0 Å². The van der Waals surface area contributed by atoms with Crippen molar-refractivity contribution in [1.82, 2.24) is 9.55 Å². The number of fused-ring (bicyclic) bond motifs is 5. The van der Waals surface area contributed by atoms with Gasteiger partial charge in [-0.2, -0.15) is 5.26 Å². The zero-order valence-corrected chi connectivity index (χ0v) is 18.2. The lowest BCUT2D eigenvalue weighted by Crippen LogP contribution is -2.50. The molecule has 0 saturated heterocycles. The molecule has 1 aromatic heterocycles. The van der Waals surface area contributed by atoms with Crippen molar-refractivity contribution >= 4 is 11.7 Å². The van der Waals surface area contributed by atoms with E-state index in [0.717, 1.165) is 38.5 Å². The van der Waals surface area contributed by atoms with E-state index in [1.54, 1.807) is 12.5 Å². The Kier molecular flexibility index (Phi) is 4.47. The van der Waals surface area contributed by atoms with Crippen LogP contribution in [-0.2, 0) is 9.53 Å². The van der Waals surface area contributed by atoms with E-state index in [0.29, 0.717) is 23.4 Å². The topological polar surface area (TPSA) is 67.9 Å². The van der Waals surface area contributed by atoms with Gasteiger partial charge in [-0.3, -0.25) is 9.36 Å². The van der Waals surface area contributed by atoms with Gasteiger partial charge in [0, 0.05) is 24.5 Å². The van der Waals surface area contributed by atoms with E-state index in [9.17, 15) is 10.1 Å². The number of hydrogen-bond donors (Lipinski definition) is 0. The number of aromatic nitrogens is 2. The number of nitriles is 1. The maximum absolute atomic E-state index is 11.4. The second-order valence-corrected chi connectivity index (χ2v) is 10.3. The highest BCUT2D eigenvalue weighted by molar-refractivity contribution is 5.66. The van der Waals surface area contributed by atoms with E-state index in [1.807, 2.05) is 4.57 Å². The standard InChI is InChI=1S/C25H31N3O2/c1-16(29)30-19-8-10-24(2)17(12-19)4-5-20-21-6-7-23(25(21,3)11-9-22(20)24)28-15-27-14-18(28)13-26/h4,7,14-15,19-22H,5-6,8-12H2,1-3H3. The molecule has 1 aromatic rings. The van der Waals surface area contributed by atoms with E-state index in [-0.39, 0.29) is 22.9 Å². The monoisotopic (exact) mass is 405 g/mol. The smallest absolute Gasteiger partial charge is 0.302 e. The van der Waals surface area contributed by atoms with Crippen LogP contribution >= 0.6 is 0 Å². The highest BCUT2D eigenvalue weighted by Gasteiger charge is 2.57. The number of imidazole rings is 1. The van der Waals surface area contributed by atoms with Crippen molar-refractivity contribution in [3.63, 3.8) is 0 Å². The number of nitrogens with zero attached hydrogens (tertiary/aromatic N) is 3. The normalized spacial score (nSPS) is 39.7. The molecule has 0 aliphatic heterocycles. The molecule has 0 aromatic carbocycles. The van der Waals surface area contributed by atoms with Gasteiger partial charge < -0.3 is 4.74 Å². The summed E-state index contributed by atoms with van der Waals surface area (Å²) in [5.41, 5.74) is 3.77. The lowest BCUT2D eigenvalue weighted by atomic mass is 9.47. The van der Waals surface area contributed by atoms with Crippen molar-refractivity contribution in [3.8, 4) is 6.07 Å². The SMILES string of the molecule is CC(=O)OC1CCC2(C)C(=CCC3C2CCC2(C)C(n4cncc4C#N)=CCC32)C1. The molecule has 2 fully saturated rings. The Labute approximate surface area is 178 Å². The molecular weight excluding hydrogens is 374 g/mol. The van der Waals surface area contributed by atoms with Crippen LogP contribution in [0.2, 0.25) is 0 Å². The minimum Gasteiger partial charge on any atom is -0.462 e. The second-order valence-electron chi connectivity index (χ2n) is 10.3. The molecule has 1 heterocycles. The Bertz CT molecular complexity index is 983. The second kappa shape index (κ2) is 6.83. The fourth-order valence-corrected chi connectivity index (χ4v) is 7.45. The highest BCUT2D eigenvalue weighted by Crippen LogP contribution is 2.65. The third kappa shape index (κ3) is 2.72. The summed E-state index contributed by atoms with van der Waals surface area (Å²) in [6, 6.07) is 2.30. The van der Waals surface area contributed by atoms with Crippen LogP contribution in [0.1, 0.15) is 71.4 Å². The summed E-state index contributed by atoms with van der Waals surface area (Å²) in [4.78, 5) is 15.7. The molecule has 0 bridgehead atoms. The summed E-state index contributed by atoms with van der Waals surface area (Å²) in [5.74, 6) is 1.82. The van der Waals surface area contributed by atoms with Crippen molar-refractivity contribution < 1.29 is 9.53 Å². The Balaban J connectivity index is 1.42. The van der Waals surface area contributed by atoms with Crippen LogP contribution in [0.3, 0.4) is 0 Å². The number of allylic oxidation sites excluding steroid dienone is 3. The van der Waals surface area contributed by atoms with Crippen LogP contribution in [0, 0.1) is 39.9 Å². The summed E-state index contributed by atoms with van der Waals surface area (Å²) >= 11 is 0. The summed E-state index contributed by atoms with van der Waals surface area (Å²) < 4.78 is 7.58. The van der Waals surface area contributed by atoms with Gasteiger partial charge in [-0.15, -0.1) is 0 Å². The fraction of sp³-hybridized carbons (Fsp3) is 0.640. The lowest BCUT2D eigenvalue weighted by molar-refractivity contribution is -0.148. The number of esters is 1. The molecule has 5 nitrogen and oxygen atoms in total. The Hall–Kier alpha value is -2.35. The van der Waals surface area contributed by atoms with Crippen molar-refractivity contribution in [2.24, 2.45) is 28.6 Å². The fourth-order valence-electron chi connectivity index (χ4n) is 7.45. The molecule has 4 aliphatic rings. The van der Waals surface area contributed by atoms with E-state index in [1.165, 1.54) is 24.6 Å². The first-order chi connectivity index (χ1) is 14.4. The van der Waals surface area contributed by atoms with Crippen LogP contribution in [0.4, 0.5) is 0 Å². The molecule has 6 unspecified atom stereocenters. The van der Waals surface area contributed by atoms with E-state index < -0.39 is 0 Å². The maximum Gasteiger partial charge on any atom is 0.302 e. The molecule has 4 aliphatic carbocycles. The van der Waals surface area contributed by atoms with Crippen LogP contribution in [0.15, 0.2) is 30.2 Å². The first-order valence-corrected chi connectivity index (χ1v) is 11.4. The summed E-state index contributed by atoms with van der Waals surface area (Å²) in [5, 5.41) is 9.50. The maximum atomic E-state index is 11.4. The van der Waals surface area contributed by atoms with Gasteiger partial charge >= 0.3 is 5.97 Å². The van der Waals surface area contributed by atoms with Gasteiger partial charge in [0.2, 0.25) is 0 Å². The largest absolute Gasteiger partial charge is 0.462 e. The third-order valence-electron chi connectivity index (χ3n) is 8.94. The molecule has 2 saturated carbocycles. The van der Waals surface area contributed by atoms with Crippen molar-refractivity contribution in [3.05, 3.63) is 35.9 Å². The van der Waals surface area contributed by atoms with Gasteiger partial charge in [-0.25, -0.2) is 4.98 Å². The van der Waals surface area contributed by atoms with Crippen LogP contribution in [-0.4, -0.2) is 21.6 Å². The van der Waals surface area contributed by atoms with Crippen molar-refractivity contribution in [2.45, 2.75) is 71.8 Å². The molecule has 158 valence electrons. The minimum atomic E-state index is -0.160. The van der Waals surface area contributed by atoms with Crippen molar-refractivity contribution in [1.29, 1.82) is 5.26 Å². The average Bonchev–Trinajstić information content (AvgIpc) is 3.30. The zero-order valence-electron chi connectivity index (χ0n) is 18.2. The molecule has 0 spiro atoms. The van der Waals surface area contributed by atoms with E-state index in [2.05, 4.69) is 37.1 Å². The zero-order chi connectivity index (χ0) is 21.1. The third-order valence-corrected chi connectivity index (χ3v) is 8.94. The highest BCUT2D eigenvalue weighted by atomic mass is 16.5. The number of rotatable bonds is 2. The molecule has 0 N–H and O–H groups in total. The van der Waals surface area contributed by atoms with Crippen LogP contribution < -0.4 is 0 Å². The number of carbonyl (C=O) groups excluding carboxylic acids is 1. The Morgan fingerprint density at radius 2 is 2.00 bits per heavy atom. The first-order valence-electron chi connectivity index (χ1n) is 11.4. The Morgan fingerprint density at radius 1 is 1.20 bits per heavy atom.